The van der Waals surface area contributed by atoms with Crippen molar-refractivity contribution >= 4 is 71.3 Å². The van der Waals surface area contributed by atoms with Crippen LogP contribution in [0.15, 0.2) is 192 Å². The van der Waals surface area contributed by atoms with Gasteiger partial charge in [-0.05, 0) is 104 Å². The second kappa shape index (κ2) is 11.5. The van der Waals surface area contributed by atoms with E-state index in [0.29, 0.717) is 0 Å². The van der Waals surface area contributed by atoms with Crippen molar-refractivity contribution in [2.75, 3.05) is 4.90 Å². The monoisotopic (exact) mass is 637 g/mol. The van der Waals surface area contributed by atoms with E-state index in [0.717, 1.165) is 39.0 Å². The summed E-state index contributed by atoms with van der Waals surface area (Å²) in [6, 6.07) is 67.6. The van der Waals surface area contributed by atoms with E-state index in [4.69, 9.17) is 4.42 Å². The van der Waals surface area contributed by atoms with Crippen LogP contribution in [0.5, 0.6) is 0 Å². The van der Waals surface area contributed by atoms with Crippen molar-refractivity contribution in [2.45, 2.75) is 0 Å². The van der Waals surface area contributed by atoms with Gasteiger partial charge in [0.15, 0.2) is 0 Å². The van der Waals surface area contributed by atoms with Gasteiger partial charge >= 0.3 is 0 Å². The van der Waals surface area contributed by atoms with Crippen molar-refractivity contribution in [1.29, 1.82) is 0 Å². The molecule has 0 spiro atoms. The Morgan fingerprint density at radius 3 is 1.72 bits per heavy atom. The van der Waals surface area contributed by atoms with Crippen LogP contribution >= 0.6 is 0 Å². The predicted molar refractivity (Wildman–Crippen MR) is 212 cm³/mol. The molecule has 0 atom stereocenters. The minimum Gasteiger partial charge on any atom is -0.456 e. The second-order valence-electron chi connectivity index (χ2n) is 13.0. The number of hydrogen-bond donors (Lipinski definition) is 0. The van der Waals surface area contributed by atoms with Gasteiger partial charge < -0.3 is 9.32 Å². The average molecular weight is 638 g/mol. The molecule has 0 saturated heterocycles. The molecule has 10 rings (SSSR count). The highest BCUT2D eigenvalue weighted by atomic mass is 16.3. The van der Waals surface area contributed by atoms with Gasteiger partial charge in [0.2, 0.25) is 0 Å². The number of furan rings is 1. The van der Waals surface area contributed by atoms with Crippen LogP contribution in [-0.4, -0.2) is 0 Å². The Labute approximate surface area is 290 Å². The van der Waals surface area contributed by atoms with E-state index < -0.39 is 0 Å². The standard InChI is InChI=1S/C48H31NO/c1-2-10-32(11-3-1)34-20-22-39(23-21-34)49(40-24-27-47-45(31-40)44-29-36-14-6-7-15-37(36)30-48(44)50-47)46-26-25-41(42-16-8-9-17-43(42)46)38-19-18-33-12-4-5-13-35(33)28-38/h1-31H. The van der Waals surface area contributed by atoms with Gasteiger partial charge in [-0.15, -0.1) is 0 Å². The molecule has 1 heterocycles. The molecule has 0 N–H and O–H groups in total. The molecule has 0 amide bonds. The van der Waals surface area contributed by atoms with E-state index in [1.165, 1.54) is 54.6 Å². The third-order valence-corrected chi connectivity index (χ3v) is 10.0. The first-order valence-electron chi connectivity index (χ1n) is 17.1. The summed E-state index contributed by atoms with van der Waals surface area (Å²) in [7, 11) is 0. The summed E-state index contributed by atoms with van der Waals surface area (Å²) in [6.45, 7) is 0. The number of anilines is 3. The van der Waals surface area contributed by atoms with Crippen LogP contribution in [0.1, 0.15) is 0 Å². The maximum atomic E-state index is 6.42. The summed E-state index contributed by atoms with van der Waals surface area (Å²) in [5.74, 6) is 0. The summed E-state index contributed by atoms with van der Waals surface area (Å²) >= 11 is 0. The summed E-state index contributed by atoms with van der Waals surface area (Å²) in [6.07, 6.45) is 0. The molecule has 2 heteroatoms. The van der Waals surface area contributed by atoms with Gasteiger partial charge in [-0.25, -0.2) is 0 Å². The SMILES string of the molecule is c1ccc(-c2ccc(N(c3ccc4oc5cc6ccccc6cc5c4c3)c3ccc(-c4ccc5ccccc5c4)c4ccccc34)cc2)cc1. The van der Waals surface area contributed by atoms with Crippen molar-refractivity contribution in [3.05, 3.63) is 188 Å². The lowest BCUT2D eigenvalue weighted by Crippen LogP contribution is -2.10. The molecule has 234 valence electrons. The highest BCUT2D eigenvalue weighted by molar-refractivity contribution is 6.12. The minimum atomic E-state index is 0.884. The highest BCUT2D eigenvalue weighted by Gasteiger charge is 2.19. The molecule has 0 unspecified atom stereocenters. The normalized spacial score (nSPS) is 11.6. The zero-order valence-corrected chi connectivity index (χ0v) is 27.3. The van der Waals surface area contributed by atoms with E-state index in [1.807, 2.05) is 0 Å². The van der Waals surface area contributed by atoms with Crippen LogP contribution in [0.3, 0.4) is 0 Å². The number of fused-ring (bicyclic) bond motifs is 6. The van der Waals surface area contributed by atoms with Crippen molar-refractivity contribution in [3.63, 3.8) is 0 Å². The molecule has 0 aliphatic heterocycles. The third kappa shape index (κ3) is 4.73. The fourth-order valence-corrected chi connectivity index (χ4v) is 7.54. The predicted octanol–water partition coefficient (Wildman–Crippen LogP) is 13.8. The number of nitrogens with zero attached hydrogens (tertiary/aromatic N) is 1. The minimum absolute atomic E-state index is 0.884. The Morgan fingerprint density at radius 2 is 0.920 bits per heavy atom. The summed E-state index contributed by atoms with van der Waals surface area (Å²) in [5.41, 5.74) is 9.89. The Morgan fingerprint density at radius 1 is 0.320 bits per heavy atom. The fourth-order valence-electron chi connectivity index (χ4n) is 7.54. The van der Waals surface area contributed by atoms with E-state index >= 15 is 0 Å². The lowest BCUT2D eigenvalue weighted by Gasteiger charge is -2.28. The Hall–Kier alpha value is -6.64. The summed E-state index contributed by atoms with van der Waals surface area (Å²) < 4.78 is 6.42. The fraction of sp³-hybridized carbons (Fsp3) is 0. The van der Waals surface area contributed by atoms with E-state index in [-0.39, 0.29) is 0 Å². The van der Waals surface area contributed by atoms with Gasteiger partial charge in [-0.2, -0.15) is 0 Å². The molecule has 0 aliphatic carbocycles. The van der Waals surface area contributed by atoms with Gasteiger partial charge in [0.1, 0.15) is 11.2 Å². The largest absolute Gasteiger partial charge is 0.456 e. The maximum Gasteiger partial charge on any atom is 0.136 e. The first kappa shape index (κ1) is 28.4. The molecule has 1 aromatic heterocycles. The van der Waals surface area contributed by atoms with Crippen LogP contribution in [-0.2, 0) is 0 Å². The molecule has 10 aromatic rings. The van der Waals surface area contributed by atoms with Crippen LogP contribution in [0.2, 0.25) is 0 Å². The third-order valence-electron chi connectivity index (χ3n) is 10.0. The van der Waals surface area contributed by atoms with Gasteiger partial charge in [0.05, 0.1) is 5.69 Å². The summed E-state index contributed by atoms with van der Waals surface area (Å²) in [5, 5.41) is 9.50. The average Bonchev–Trinajstić information content (AvgIpc) is 3.54. The molecule has 0 fully saturated rings. The van der Waals surface area contributed by atoms with Crippen LogP contribution in [0, 0.1) is 0 Å². The van der Waals surface area contributed by atoms with Crippen molar-refractivity contribution in [2.24, 2.45) is 0 Å². The molecule has 0 radical (unpaired) electrons. The van der Waals surface area contributed by atoms with Crippen LogP contribution in [0.4, 0.5) is 17.1 Å². The molecular weight excluding hydrogens is 607 g/mol. The molecule has 0 aliphatic rings. The lowest BCUT2D eigenvalue weighted by molar-refractivity contribution is 0.669. The highest BCUT2D eigenvalue weighted by Crippen LogP contribution is 2.44. The second-order valence-corrected chi connectivity index (χ2v) is 13.0. The molecule has 50 heavy (non-hydrogen) atoms. The lowest BCUT2D eigenvalue weighted by atomic mass is 9.94. The zero-order chi connectivity index (χ0) is 33.0. The van der Waals surface area contributed by atoms with Gasteiger partial charge in [-0.1, -0.05) is 133 Å². The molecule has 0 bridgehead atoms. The van der Waals surface area contributed by atoms with Gasteiger partial charge in [-0.3, -0.25) is 0 Å². The smallest absolute Gasteiger partial charge is 0.136 e. The van der Waals surface area contributed by atoms with Crippen molar-refractivity contribution < 1.29 is 4.42 Å². The summed E-state index contributed by atoms with van der Waals surface area (Å²) in [4.78, 5) is 2.39. The number of benzene rings is 9. The molecule has 2 nitrogen and oxygen atoms in total. The van der Waals surface area contributed by atoms with Crippen LogP contribution < -0.4 is 4.90 Å². The quantitative estimate of drug-likeness (QED) is 0.187. The van der Waals surface area contributed by atoms with Gasteiger partial charge in [0.25, 0.3) is 0 Å². The first-order chi connectivity index (χ1) is 24.8. The Bertz CT molecular complexity index is 2870. The Balaban J connectivity index is 1.18. The number of hydrogen-bond acceptors (Lipinski definition) is 2. The van der Waals surface area contributed by atoms with Crippen molar-refractivity contribution in [3.8, 4) is 22.3 Å². The van der Waals surface area contributed by atoms with E-state index in [1.54, 1.807) is 0 Å². The molecular formula is C48H31NO. The molecule has 0 saturated carbocycles. The van der Waals surface area contributed by atoms with E-state index in [9.17, 15) is 0 Å². The number of rotatable bonds is 5. The zero-order valence-electron chi connectivity index (χ0n) is 27.3. The van der Waals surface area contributed by atoms with Gasteiger partial charge in [0, 0.05) is 27.5 Å². The maximum absolute atomic E-state index is 6.42. The van der Waals surface area contributed by atoms with E-state index in [2.05, 4.69) is 193 Å². The first-order valence-corrected chi connectivity index (χ1v) is 17.1. The van der Waals surface area contributed by atoms with Crippen molar-refractivity contribution in [1.82, 2.24) is 0 Å². The molecule has 9 aromatic carbocycles. The topological polar surface area (TPSA) is 16.4 Å². The van der Waals surface area contributed by atoms with Crippen LogP contribution in [0.25, 0.3) is 76.5 Å². The Kier molecular flexibility index (Phi) is 6.53.